The molecule has 0 aliphatic rings. The Labute approximate surface area is 86.3 Å². The van der Waals surface area contributed by atoms with Gasteiger partial charge in [-0.25, -0.2) is 4.79 Å². The lowest BCUT2D eigenvalue weighted by Gasteiger charge is -2.25. The van der Waals surface area contributed by atoms with Gasteiger partial charge in [0, 0.05) is 13.1 Å². The molecule has 0 aromatic carbocycles. The van der Waals surface area contributed by atoms with Gasteiger partial charge in [0.05, 0.1) is 12.6 Å². The predicted octanol–water partition coefficient (Wildman–Crippen LogP) is 1.05. The summed E-state index contributed by atoms with van der Waals surface area (Å²) < 4.78 is 0. The van der Waals surface area contributed by atoms with Crippen molar-refractivity contribution in [2.24, 2.45) is 5.92 Å². The van der Waals surface area contributed by atoms with Crippen molar-refractivity contribution in [1.29, 1.82) is 0 Å². The summed E-state index contributed by atoms with van der Waals surface area (Å²) in [6.45, 7) is 9.20. The van der Waals surface area contributed by atoms with Gasteiger partial charge in [0.2, 0.25) is 0 Å². The zero-order valence-electron chi connectivity index (χ0n) is 9.58. The van der Waals surface area contributed by atoms with E-state index in [2.05, 4.69) is 5.32 Å². The van der Waals surface area contributed by atoms with Gasteiger partial charge in [-0.1, -0.05) is 13.8 Å². The number of urea groups is 1. The number of hydrogen-bond acceptors (Lipinski definition) is 2. The third kappa shape index (κ3) is 3.96. The van der Waals surface area contributed by atoms with Crippen LogP contribution in [0.3, 0.4) is 0 Å². The van der Waals surface area contributed by atoms with Crippen molar-refractivity contribution in [1.82, 2.24) is 10.2 Å². The Morgan fingerprint density at radius 3 is 2.14 bits per heavy atom. The van der Waals surface area contributed by atoms with Crippen LogP contribution in [0.2, 0.25) is 0 Å². The molecule has 0 aliphatic carbocycles. The van der Waals surface area contributed by atoms with Gasteiger partial charge in [-0.2, -0.15) is 0 Å². The number of amides is 2. The summed E-state index contributed by atoms with van der Waals surface area (Å²) in [7, 11) is 0. The molecule has 0 unspecified atom stereocenters. The Hall–Kier alpha value is -0.770. The van der Waals surface area contributed by atoms with Crippen LogP contribution in [0.1, 0.15) is 27.7 Å². The van der Waals surface area contributed by atoms with Gasteiger partial charge in [-0.05, 0) is 19.8 Å². The lowest BCUT2D eigenvalue weighted by Crippen LogP contribution is -2.48. The van der Waals surface area contributed by atoms with E-state index in [1.54, 1.807) is 4.90 Å². The smallest absolute Gasteiger partial charge is 0.317 e. The minimum Gasteiger partial charge on any atom is -0.394 e. The summed E-state index contributed by atoms with van der Waals surface area (Å²) in [5.41, 5.74) is 0. The number of aliphatic hydroxyl groups excluding tert-OH is 1. The largest absolute Gasteiger partial charge is 0.394 e. The average Bonchev–Trinajstić information content (AvgIpc) is 2.15. The first-order valence-corrected chi connectivity index (χ1v) is 5.23. The quantitative estimate of drug-likeness (QED) is 0.700. The monoisotopic (exact) mass is 202 g/mol. The van der Waals surface area contributed by atoms with Crippen molar-refractivity contribution in [2.75, 3.05) is 19.7 Å². The van der Waals surface area contributed by atoms with E-state index in [4.69, 9.17) is 5.11 Å². The second-order valence-electron chi connectivity index (χ2n) is 3.65. The lowest BCUT2D eigenvalue weighted by atomic mass is 10.1. The van der Waals surface area contributed by atoms with Crippen LogP contribution < -0.4 is 5.32 Å². The second kappa shape index (κ2) is 6.65. The van der Waals surface area contributed by atoms with Gasteiger partial charge < -0.3 is 15.3 Å². The maximum absolute atomic E-state index is 11.6. The van der Waals surface area contributed by atoms with Crippen LogP contribution in [-0.4, -0.2) is 41.8 Å². The molecule has 4 heteroatoms. The van der Waals surface area contributed by atoms with Crippen molar-refractivity contribution in [3.63, 3.8) is 0 Å². The number of rotatable bonds is 5. The van der Waals surface area contributed by atoms with E-state index < -0.39 is 0 Å². The molecule has 84 valence electrons. The molecule has 0 bridgehead atoms. The van der Waals surface area contributed by atoms with Gasteiger partial charge in [0.15, 0.2) is 0 Å². The van der Waals surface area contributed by atoms with Crippen LogP contribution >= 0.6 is 0 Å². The average molecular weight is 202 g/mol. The predicted molar refractivity (Wildman–Crippen MR) is 57.2 cm³/mol. The van der Waals surface area contributed by atoms with E-state index in [0.29, 0.717) is 13.1 Å². The highest BCUT2D eigenvalue weighted by Crippen LogP contribution is 2.01. The molecule has 0 fully saturated rings. The van der Waals surface area contributed by atoms with Crippen LogP contribution in [0.5, 0.6) is 0 Å². The van der Waals surface area contributed by atoms with E-state index in [0.717, 1.165) is 0 Å². The summed E-state index contributed by atoms with van der Waals surface area (Å²) in [5, 5.41) is 11.8. The van der Waals surface area contributed by atoms with E-state index in [-0.39, 0.29) is 24.6 Å². The molecule has 0 heterocycles. The summed E-state index contributed by atoms with van der Waals surface area (Å²) in [5.74, 6) is 0.250. The first kappa shape index (κ1) is 13.2. The van der Waals surface area contributed by atoms with E-state index in [9.17, 15) is 4.79 Å². The molecule has 0 saturated carbocycles. The summed E-state index contributed by atoms with van der Waals surface area (Å²) in [6.07, 6.45) is 0. The Kier molecular flexibility index (Phi) is 6.28. The van der Waals surface area contributed by atoms with E-state index >= 15 is 0 Å². The molecule has 0 aromatic heterocycles. The molecule has 14 heavy (non-hydrogen) atoms. The molecule has 0 radical (unpaired) electrons. The number of nitrogens with zero attached hydrogens (tertiary/aromatic N) is 1. The maximum Gasteiger partial charge on any atom is 0.317 e. The van der Waals surface area contributed by atoms with Crippen LogP contribution in [-0.2, 0) is 0 Å². The molecule has 0 spiro atoms. The molecule has 2 amide bonds. The van der Waals surface area contributed by atoms with Crippen molar-refractivity contribution in [3.05, 3.63) is 0 Å². The molecule has 2 N–H and O–H groups in total. The Morgan fingerprint density at radius 2 is 1.86 bits per heavy atom. The van der Waals surface area contributed by atoms with E-state index in [1.807, 2.05) is 27.7 Å². The summed E-state index contributed by atoms with van der Waals surface area (Å²) >= 11 is 0. The van der Waals surface area contributed by atoms with Crippen molar-refractivity contribution < 1.29 is 9.90 Å². The van der Waals surface area contributed by atoms with Gasteiger partial charge in [0.1, 0.15) is 0 Å². The lowest BCUT2D eigenvalue weighted by molar-refractivity contribution is 0.174. The van der Waals surface area contributed by atoms with Gasteiger partial charge in [0.25, 0.3) is 0 Å². The molecule has 0 aliphatic heterocycles. The maximum atomic E-state index is 11.6. The zero-order chi connectivity index (χ0) is 11.1. The van der Waals surface area contributed by atoms with Crippen molar-refractivity contribution >= 4 is 6.03 Å². The zero-order valence-corrected chi connectivity index (χ0v) is 9.58. The fraction of sp³-hybridized carbons (Fsp3) is 0.900. The highest BCUT2D eigenvalue weighted by Gasteiger charge is 2.17. The third-order valence-corrected chi connectivity index (χ3v) is 2.36. The van der Waals surface area contributed by atoms with Gasteiger partial charge in [-0.3, -0.25) is 0 Å². The number of nitrogens with one attached hydrogen (secondary N) is 1. The molecule has 4 nitrogen and oxygen atoms in total. The highest BCUT2D eigenvalue weighted by molar-refractivity contribution is 5.74. The first-order chi connectivity index (χ1) is 6.56. The number of carbonyl (C=O) groups is 1. The fourth-order valence-corrected chi connectivity index (χ4v) is 1.18. The number of carbonyl (C=O) groups excluding carboxylic acids is 1. The first-order valence-electron chi connectivity index (χ1n) is 5.23. The molecular formula is C10H22N2O2. The summed E-state index contributed by atoms with van der Waals surface area (Å²) in [4.78, 5) is 13.3. The highest BCUT2D eigenvalue weighted by atomic mass is 16.3. The van der Waals surface area contributed by atoms with Crippen LogP contribution in [0.4, 0.5) is 4.79 Å². The van der Waals surface area contributed by atoms with Crippen LogP contribution in [0.25, 0.3) is 0 Å². The van der Waals surface area contributed by atoms with Crippen LogP contribution in [0.15, 0.2) is 0 Å². The minimum absolute atomic E-state index is 0.00925. The molecule has 0 aromatic rings. The standard InChI is InChI=1S/C10H22N2O2/c1-5-12(6-2)10(14)11-9(7-13)8(3)4/h8-9,13H,5-7H2,1-4H3,(H,11,14)/t9-/m1/s1. The molecule has 0 rings (SSSR count). The van der Waals surface area contributed by atoms with Gasteiger partial charge in [-0.15, -0.1) is 0 Å². The van der Waals surface area contributed by atoms with Crippen molar-refractivity contribution in [3.8, 4) is 0 Å². The third-order valence-electron chi connectivity index (χ3n) is 2.36. The number of aliphatic hydroxyl groups is 1. The van der Waals surface area contributed by atoms with Crippen LogP contribution in [0, 0.1) is 5.92 Å². The minimum atomic E-state index is -0.150. The van der Waals surface area contributed by atoms with Gasteiger partial charge >= 0.3 is 6.03 Å². The van der Waals surface area contributed by atoms with E-state index in [1.165, 1.54) is 0 Å². The fourth-order valence-electron chi connectivity index (χ4n) is 1.18. The molecule has 0 saturated heterocycles. The molecular weight excluding hydrogens is 180 g/mol. The van der Waals surface area contributed by atoms with Crippen molar-refractivity contribution in [2.45, 2.75) is 33.7 Å². The summed E-state index contributed by atoms with van der Waals surface area (Å²) in [6, 6.07) is -0.245. The Bertz CT molecular complexity index is 168. The topological polar surface area (TPSA) is 52.6 Å². The number of hydrogen-bond donors (Lipinski definition) is 2. The Balaban J connectivity index is 4.13. The Morgan fingerprint density at radius 1 is 1.36 bits per heavy atom. The second-order valence-corrected chi connectivity index (χ2v) is 3.65. The SMILES string of the molecule is CCN(CC)C(=O)N[C@H](CO)C(C)C. The normalized spacial score (nSPS) is 12.7. The molecule has 1 atom stereocenters.